The summed E-state index contributed by atoms with van der Waals surface area (Å²) in [6.07, 6.45) is 0. The summed E-state index contributed by atoms with van der Waals surface area (Å²) < 4.78 is 16.7. The molecule has 0 unspecified atom stereocenters. The van der Waals surface area contributed by atoms with Gasteiger partial charge < -0.3 is 13.9 Å². The fraction of sp³-hybridized carbons (Fsp3) is 0.0500. The molecule has 0 saturated heterocycles. The van der Waals surface area contributed by atoms with E-state index in [1.807, 2.05) is 36.4 Å². The Hall–Kier alpha value is -2.98. The van der Waals surface area contributed by atoms with E-state index >= 15 is 0 Å². The van der Waals surface area contributed by atoms with E-state index in [1.165, 1.54) is 13.2 Å². The number of rotatable bonds is 3. The average Bonchev–Trinajstić information content (AvgIpc) is 3.02. The Balaban J connectivity index is 1.86. The fourth-order valence-corrected chi connectivity index (χ4v) is 2.95. The molecule has 0 bridgehead atoms. The molecule has 1 aromatic heterocycles. The van der Waals surface area contributed by atoms with Gasteiger partial charge in [0.2, 0.25) is 0 Å². The maximum atomic E-state index is 12.0. The lowest BCUT2D eigenvalue weighted by Crippen LogP contribution is -2.03. The highest BCUT2D eigenvalue weighted by Gasteiger charge is 2.17. The zero-order chi connectivity index (χ0) is 17.4. The molecule has 124 valence electrons. The molecule has 4 aromatic rings. The number of fused-ring (bicyclic) bond motifs is 3. The van der Waals surface area contributed by atoms with Crippen molar-refractivity contribution in [1.82, 2.24) is 0 Å². The summed E-state index contributed by atoms with van der Waals surface area (Å²) in [5.41, 5.74) is 1.65. The zero-order valence-electron chi connectivity index (χ0n) is 13.3. The molecule has 0 spiro atoms. The van der Waals surface area contributed by atoms with Gasteiger partial charge in [0.25, 0.3) is 0 Å². The molecular formula is C20H13ClO4. The predicted octanol–water partition coefficient (Wildman–Crippen LogP) is 5.82. The molecule has 4 nitrogen and oxygen atoms in total. The Bertz CT molecular complexity index is 1100. The highest BCUT2D eigenvalue weighted by atomic mass is 35.5. The molecule has 0 saturated carbocycles. The first kappa shape index (κ1) is 15.5. The molecule has 25 heavy (non-hydrogen) atoms. The number of carbonyl (C=O) groups excluding carboxylic acids is 1. The first-order valence-electron chi connectivity index (χ1n) is 7.63. The third-order valence-corrected chi connectivity index (χ3v) is 4.17. The zero-order valence-corrected chi connectivity index (χ0v) is 14.0. The van der Waals surface area contributed by atoms with Crippen LogP contribution in [0.15, 0.2) is 65.1 Å². The second-order valence-electron chi connectivity index (χ2n) is 5.47. The quantitative estimate of drug-likeness (QED) is 0.436. The molecule has 0 atom stereocenters. The van der Waals surface area contributed by atoms with Crippen LogP contribution in [0.1, 0.15) is 10.4 Å². The molecule has 0 aliphatic carbocycles. The maximum Gasteiger partial charge on any atom is 0.341 e. The molecule has 0 radical (unpaired) electrons. The third kappa shape index (κ3) is 2.71. The van der Waals surface area contributed by atoms with Crippen molar-refractivity contribution in [3.8, 4) is 11.5 Å². The van der Waals surface area contributed by atoms with Gasteiger partial charge in [-0.3, -0.25) is 0 Å². The smallest absolute Gasteiger partial charge is 0.341 e. The van der Waals surface area contributed by atoms with Crippen LogP contribution in [-0.2, 0) is 4.74 Å². The molecule has 0 aliphatic rings. The van der Waals surface area contributed by atoms with Gasteiger partial charge in [-0.05, 0) is 30.3 Å². The number of benzene rings is 3. The Kier molecular flexibility index (Phi) is 3.82. The van der Waals surface area contributed by atoms with Gasteiger partial charge >= 0.3 is 5.97 Å². The van der Waals surface area contributed by atoms with E-state index < -0.39 is 5.97 Å². The standard InChI is InChI=1S/C20H13ClO4/c1-23-20(22)15-11-12(21)9-10-17(15)24-18-8-4-6-14-13-5-2-3-7-16(13)25-19(14)18/h2-11H,1H3. The van der Waals surface area contributed by atoms with Crippen LogP contribution in [0.5, 0.6) is 11.5 Å². The lowest BCUT2D eigenvalue weighted by atomic mass is 10.1. The van der Waals surface area contributed by atoms with Crippen LogP contribution >= 0.6 is 11.6 Å². The average molecular weight is 353 g/mol. The van der Waals surface area contributed by atoms with E-state index in [0.29, 0.717) is 22.1 Å². The fourth-order valence-electron chi connectivity index (χ4n) is 2.78. The van der Waals surface area contributed by atoms with Crippen LogP contribution in [0.25, 0.3) is 21.9 Å². The highest BCUT2D eigenvalue weighted by molar-refractivity contribution is 6.31. The van der Waals surface area contributed by atoms with Crippen molar-refractivity contribution in [2.24, 2.45) is 0 Å². The summed E-state index contributed by atoms with van der Waals surface area (Å²) in [6, 6.07) is 18.2. The van der Waals surface area contributed by atoms with Crippen molar-refractivity contribution in [3.63, 3.8) is 0 Å². The van der Waals surface area contributed by atoms with Crippen LogP contribution < -0.4 is 4.74 Å². The SMILES string of the molecule is COC(=O)c1cc(Cl)ccc1Oc1cccc2c1oc1ccccc12. The summed E-state index contributed by atoms with van der Waals surface area (Å²) in [5, 5.41) is 2.38. The Morgan fingerprint density at radius 3 is 2.60 bits per heavy atom. The minimum atomic E-state index is -0.519. The van der Waals surface area contributed by atoms with E-state index in [1.54, 1.807) is 18.2 Å². The van der Waals surface area contributed by atoms with E-state index in [4.69, 9.17) is 25.5 Å². The van der Waals surface area contributed by atoms with E-state index in [0.717, 1.165) is 16.4 Å². The number of para-hydroxylation sites is 2. The molecule has 5 heteroatoms. The second kappa shape index (κ2) is 6.15. The van der Waals surface area contributed by atoms with E-state index in [9.17, 15) is 4.79 Å². The van der Waals surface area contributed by atoms with Gasteiger partial charge in [0, 0.05) is 15.8 Å². The second-order valence-corrected chi connectivity index (χ2v) is 5.90. The molecular weight excluding hydrogens is 340 g/mol. The molecule has 4 rings (SSSR count). The van der Waals surface area contributed by atoms with E-state index in [2.05, 4.69) is 0 Å². The topological polar surface area (TPSA) is 48.7 Å². The van der Waals surface area contributed by atoms with Crippen LogP contribution in [0.4, 0.5) is 0 Å². The number of furan rings is 1. The van der Waals surface area contributed by atoms with Crippen LogP contribution in [0, 0.1) is 0 Å². The summed E-state index contributed by atoms with van der Waals surface area (Å²) in [7, 11) is 1.31. The van der Waals surface area contributed by atoms with Crippen molar-refractivity contribution >= 4 is 39.5 Å². The molecule has 0 amide bonds. The number of carbonyl (C=O) groups is 1. The molecule has 3 aromatic carbocycles. The number of ether oxygens (including phenoxy) is 2. The predicted molar refractivity (Wildman–Crippen MR) is 96.6 cm³/mol. The van der Waals surface area contributed by atoms with Gasteiger partial charge in [0.1, 0.15) is 16.9 Å². The summed E-state index contributed by atoms with van der Waals surface area (Å²) in [6.45, 7) is 0. The first-order chi connectivity index (χ1) is 12.2. The van der Waals surface area contributed by atoms with Crippen molar-refractivity contribution in [3.05, 3.63) is 71.2 Å². The monoisotopic (exact) mass is 352 g/mol. The third-order valence-electron chi connectivity index (χ3n) is 3.93. The number of esters is 1. The van der Waals surface area contributed by atoms with E-state index in [-0.39, 0.29) is 5.56 Å². The van der Waals surface area contributed by atoms with Gasteiger partial charge in [-0.15, -0.1) is 0 Å². The minimum Gasteiger partial charge on any atom is -0.465 e. The largest absolute Gasteiger partial charge is 0.465 e. The van der Waals surface area contributed by atoms with Gasteiger partial charge in [-0.1, -0.05) is 41.9 Å². The van der Waals surface area contributed by atoms with Gasteiger partial charge in [-0.25, -0.2) is 4.79 Å². The summed E-state index contributed by atoms with van der Waals surface area (Å²) >= 11 is 5.99. The lowest BCUT2D eigenvalue weighted by molar-refractivity contribution is 0.0598. The van der Waals surface area contributed by atoms with Crippen LogP contribution in [0.3, 0.4) is 0 Å². The van der Waals surface area contributed by atoms with Gasteiger partial charge in [0.15, 0.2) is 11.3 Å². The maximum absolute atomic E-state index is 12.0. The van der Waals surface area contributed by atoms with Gasteiger partial charge in [0.05, 0.1) is 7.11 Å². The van der Waals surface area contributed by atoms with Crippen molar-refractivity contribution in [1.29, 1.82) is 0 Å². The van der Waals surface area contributed by atoms with Gasteiger partial charge in [-0.2, -0.15) is 0 Å². The van der Waals surface area contributed by atoms with Crippen LogP contribution in [0.2, 0.25) is 5.02 Å². The summed E-state index contributed by atoms with van der Waals surface area (Å²) in [4.78, 5) is 12.0. The molecule has 0 N–H and O–H groups in total. The Labute approximate surface area is 148 Å². The van der Waals surface area contributed by atoms with Crippen molar-refractivity contribution in [2.45, 2.75) is 0 Å². The molecule has 0 fully saturated rings. The Morgan fingerprint density at radius 2 is 1.76 bits per heavy atom. The molecule has 1 heterocycles. The van der Waals surface area contributed by atoms with Crippen LogP contribution in [-0.4, -0.2) is 13.1 Å². The van der Waals surface area contributed by atoms with Crippen molar-refractivity contribution in [2.75, 3.05) is 7.11 Å². The lowest BCUT2D eigenvalue weighted by Gasteiger charge is -2.10. The number of hydrogen-bond donors (Lipinski definition) is 0. The van der Waals surface area contributed by atoms with Crippen molar-refractivity contribution < 1.29 is 18.7 Å². The summed E-state index contributed by atoms with van der Waals surface area (Å²) in [5.74, 6) is 0.347. The Morgan fingerprint density at radius 1 is 0.960 bits per heavy atom. The molecule has 0 aliphatic heterocycles. The number of hydrogen-bond acceptors (Lipinski definition) is 4. The highest BCUT2D eigenvalue weighted by Crippen LogP contribution is 2.37. The normalized spacial score (nSPS) is 11.0. The minimum absolute atomic E-state index is 0.253. The number of halogens is 1. The number of methoxy groups -OCH3 is 1. The first-order valence-corrected chi connectivity index (χ1v) is 8.01.